The molecule has 2 rings (SSSR count). The number of aliphatic carboxylic acids is 1. The van der Waals surface area contributed by atoms with Gasteiger partial charge in [0, 0.05) is 5.75 Å². The Morgan fingerprint density at radius 3 is 2.53 bits per heavy atom. The molecule has 6 heteroatoms. The lowest BCUT2D eigenvalue weighted by atomic mass is 9.81. The first-order chi connectivity index (χ1) is 8.04. The van der Waals surface area contributed by atoms with Crippen molar-refractivity contribution >= 4 is 23.6 Å². The predicted molar refractivity (Wildman–Crippen MR) is 65.6 cm³/mol. The number of carboxylic acids is 1. The summed E-state index contributed by atoms with van der Waals surface area (Å²) >= 11 is 1.48. The summed E-state index contributed by atoms with van der Waals surface area (Å²) in [6.45, 7) is 0. The largest absolute Gasteiger partial charge is 0.480 e. The Hall–Kier alpha value is -0.750. The van der Waals surface area contributed by atoms with Crippen molar-refractivity contribution in [3.8, 4) is 0 Å². The lowest BCUT2D eigenvalue weighted by Gasteiger charge is -2.36. The monoisotopic (exact) mass is 258 g/mol. The summed E-state index contributed by atoms with van der Waals surface area (Å²) in [6.07, 6.45) is 4.39. The van der Waals surface area contributed by atoms with Crippen LogP contribution in [0, 0.1) is 0 Å². The van der Waals surface area contributed by atoms with Gasteiger partial charge in [-0.1, -0.05) is 19.3 Å². The van der Waals surface area contributed by atoms with E-state index in [1.807, 2.05) is 0 Å². The molecule has 1 aliphatic carbocycles. The van der Waals surface area contributed by atoms with Gasteiger partial charge in [0.05, 0.1) is 11.4 Å². The highest BCUT2D eigenvalue weighted by Crippen LogP contribution is 2.31. The number of nitrogens with zero attached hydrogens (tertiary/aromatic N) is 1. The van der Waals surface area contributed by atoms with Crippen molar-refractivity contribution in [3.63, 3.8) is 0 Å². The Morgan fingerprint density at radius 1 is 1.29 bits per heavy atom. The molecule has 1 heterocycles. The van der Waals surface area contributed by atoms with E-state index in [0.29, 0.717) is 24.5 Å². The zero-order valence-electron chi connectivity index (χ0n) is 9.72. The first-order valence-electron chi connectivity index (χ1n) is 5.95. The fourth-order valence-corrected chi connectivity index (χ4v) is 3.68. The average molecular weight is 258 g/mol. The fourth-order valence-electron chi connectivity index (χ4n) is 2.53. The molecule has 1 amide bonds. The van der Waals surface area contributed by atoms with Crippen LogP contribution in [-0.4, -0.2) is 45.1 Å². The van der Waals surface area contributed by atoms with Crippen molar-refractivity contribution in [3.05, 3.63) is 0 Å². The SMILES string of the molecule is NC1(C(=O)N2CSCC2C(=O)O)CCCCC1. The molecule has 0 aromatic carbocycles. The minimum Gasteiger partial charge on any atom is -0.480 e. The molecule has 5 nitrogen and oxygen atoms in total. The second-order valence-corrected chi connectivity index (χ2v) is 5.85. The molecule has 0 bridgehead atoms. The molecule has 1 aliphatic heterocycles. The molecule has 1 saturated heterocycles. The number of hydrogen-bond donors (Lipinski definition) is 2. The van der Waals surface area contributed by atoms with Crippen molar-refractivity contribution in [2.75, 3.05) is 11.6 Å². The third-order valence-corrected chi connectivity index (χ3v) is 4.61. The summed E-state index contributed by atoms with van der Waals surface area (Å²) in [5, 5.41) is 9.07. The third kappa shape index (κ3) is 2.42. The van der Waals surface area contributed by atoms with Gasteiger partial charge in [-0.15, -0.1) is 11.8 Å². The van der Waals surface area contributed by atoms with E-state index in [1.54, 1.807) is 0 Å². The second kappa shape index (κ2) is 4.86. The van der Waals surface area contributed by atoms with Crippen LogP contribution in [0.2, 0.25) is 0 Å². The van der Waals surface area contributed by atoms with Gasteiger partial charge >= 0.3 is 5.97 Å². The number of rotatable bonds is 2. The summed E-state index contributed by atoms with van der Waals surface area (Å²) in [7, 11) is 0. The standard InChI is InChI=1S/C11H18N2O3S/c12-11(4-2-1-3-5-11)10(16)13-7-17-6-8(13)9(14)15/h8H,1-7,12H2,(H,14,15). The van der Waals surface area contributed by atoms with Crippen molar-refractivity contribution in [1.82, 2.24) is 4.90 Å². The topological polar surface area (TPSA) is 83.6 Å². The van der Waals surface area contributed by atoms with E-state index in [0.717, 1.165) is 19.3 Å². The van der Waals surface area contributed by atoms with Gasteiger partial charge in [-0.05, 0) is 12.8 Å². The van der Waals surface area contributed by atoms with E-state index in [4.69, 9.17) is 10.8 Å². The molecule has 0 spiro atoms. The minimum atomic E-state index is -0.928. The van der Waals surface area contributed by atoms with E-state index in [2.05, 4.69) is 0 Å². The average Bonchev–Trinajstić information content (AvgIpc) is 2.77. The van der Waals surface area contributed by atoms with Crippen LogP contribution in [0.3, 0.4) is 0 Å². The summed E-state index contributed by atoms with van der Waals surface area (Å²) in [4.78, 5) is 24.9. The van der Waals surface area contributed by atoms with E-state index < -0.39 is 17.6 Å². The third-order valence-electron chi connectivity index (χ3n) is 3.60. The maximum Gasteiger partial charge on any atom is 0.327 e. The number of thioether (sulfide) groups is 1. The molecular formula is C11H18N2O3S. The van der Waals surface area contributed by atoms with Gasteiger partial charge in [0.25, 0.3) is 0 Å². The Labute approximate surface area is 105 Å². The minimum absolute atomic E-state index is 0.172. The van der Waals surface area contributed by atoms with Gasteiger partial charge in [0.1, 0.15) is 6.04 Å². The number of carbonyl (C=O) groups excluding carboxylic acids is 1. The molecule has 1 atom stereocenters. The Balaban J connectivity index is 2.10. The van der Waals surface area contributed by atoms with Crippen molar-refractivity contribution in [2.45, 2.75) is 43.7 Å². The van der Waals surface area contributed by atoms with Crippen LogP contribution in [0.1, 0.15) is 32.1 Å². The van der Waals surface area contributed by atoms with Gasteiger partial charge < -0.3 is 15.7 Å². The molecule has 96 valence electrons. The quantitative estimate of drug-likeness (QED) is 0.759. The van der Waals surface area contributed by atoms with Crippen molar-refractivity contribution in [1.29, 1.82) is 0 Å². The van der Waals surface area contributed by atoms with Crippen LogP contribution in [-0.2, 0) is 9.59 Å². The Kier molecular flexibility index (Phi) is 3.63. The first-order valence-corrected chi connectivity index (χ1v) is 7.10. The number of carboxylic acid groups (broad SMARTS) is 1. The van der Waals surface area contributed by atoms with Gasteiger partial charge in [0.15, 0.2) is 0 Å². The zero-order valence-corrected chi connectivity index (χ0v) is 10.5. The van der Waals surface area contributed by atoms with Crippen LogP contribution in [0.4, 0.5) is 0 Å². The van der Waals surface area contributed by atoms with Gasteiger partial charge in [0.2, 0.25) is 5.91 Å². The van der Waals surface area contributed by atoms with Crippen LogP contribution in [0.15, 0.2) is 0 Å². The van der Waals surface area contributed by atoms with Gasteiger partial charge in [-0.3, -0.25) is 4.79 Å². The molecule has 0 radical (unpaired) electrons. The molecule has 1 unspecified atom stereocenters. The van der Waals surface area contributed by atoms with E-state index in [1.165, 1.54) is 16.7 Å². The summed E-state index contributed by atoms with van der Waals surface area (Å²) < 4.78 is 0. The predicted octanol–water partition coefficient (Wildman–Crippen LogP) is 0.634. The molecule has 2 aliphatic rings. The van der Waals surface area contributed by atoms with Crippen LogP contribution in [0.25, 0.3) is 0 Å². The maximum absolute atomic E-state index is 12.4. The summed E-state index contributed by atoms with van der Waals surface area (Å²) in [6, 6.07) is -0.699. The fraction of sp³-hybridized carbons (Fsp3) is 0.818. The van der Waals surface area contributed by atoms with Gasteiger partial charge in [-0.25, -0.2) is 4.79 Å². The first kappa shape index (κ1) is 12.7. The highest BCUT2D eigenvalue weighted by Gasteiger charge is 2.44. The zero-order chi connectivity index (χ0) is 12.5. The Bertz CT molecular complexity index is 329. The number of nitrogens with two attached hydrogens (primary N) is 1. The van der Waals surface area contributed by atoms with E-state index in [-0.39, 0.29) is 5.91 Å². The smallest absolute Gasteiger partial charge is 0.327 e. The molecule has 0 aromatic rings. The van der Waals surface area contributed by atoms with Crippen molar-refractivity contribution in [2.24, 2.45) is 5.73 Å². The molecule has 0 aromatic heterocycles. The maximum atomic E-state index is 12.4. The number of amides is 1. The Morgan fingerprint density at radius 2 is 1.94 bits per heavy atom. The number of hydrogen-bond acceptors (Lipinski definition) is 4. The number of carbonyl (C=O) groups is 2. The second-order valence-electron chi connectivity index (χ2n) is 4.85. The molecule has 1 saturated carbocycles. The van der Waals surface area contributed by atoms with Crippen molar-refractivity contribution < 1.29 is 14.7 Å². The van der Waals surface area contributed by atoms with Crippen LogP contribution >= 0.6 is 11.8 Å². The van der Waals surface area contributed by atoms with Crippen LogP contribution < -0.4 is 5.73 Å². The molecule has 3 N–H and O–H groups in total. The normalized spacial score (nSPS) is 28.1. The lowest BCUT2D eigenvalue weighted by Crippen LogP contribution is -2.58. The highest BCUT2D eigenvalue weighted by atomic mass is 32.2. The van der Waals surface area contributed by atoms with E-state index >= 15 is 0 Å². The summed E-state index contributed by atoms with van der Waals surface area (Å²) in [5.74, 6) is -0.177. The highest BCUT2D eigenvalue weighted by molar-refractivity contribution is 7.99. The summed E-state index contributed by atoms with van der Waals surface area (Å²) in [5.41, 5.74) is 5.33. The molecule has 2 fully saturated rings. The lowest BCUT2D eigenvalue weighted by molar-refractivity contribution is -0.150. The van der Waals surface area contributed by atoms with E-state index in [9.17, 15) is 9.59 Å². The van der Waals surface area contributed by atoms with Gasteiger partial charge in [-0.2, -0.15) is 0 Å². The molecule has 17 heavy (non-hydrogen) atoms. The van der Waals surface area contributed by atoms with Crippen LogP contribution in [0.5, 0.6) is 0 Å². The molecular weight excluding hydrogens is 240 g/mol.